The number of amides is 16. The number of hydrogen-bond donors (Lipinski definition) is 14. The van der Waals surface area contributed by atoms with Gasteiger partial charge >= 0.3 is 18.0 Å². The monoisotopic (exact) mass is 1900 g/mol. The summed E-state index contributed by atoms with van der Waals surface area (Å²) >= 11 is 0.631. The van der Waals surface area contributed by atoms with E-state index in [2.05, 4.69) is 52.8 Å². The molecule has 2 fully saturated rings. The second kappa shape index (κ2) is 51.1. The smallest absolute Gasteiger partial charge is 0.324 e. The van der Waals surface area contributed by atoms with Crippen molar-refractivity contribution in [1.82, 2.24) is 77.3 Å². The van der Waals surface area contributed by atoms with Gasteiger partial charge in [0.2, 0.25) is 76.8 Å². The number of aromatic nitrogens is 1. The number of nitrogens with zero attached hydrogens (tertiary/aromatic N) is 5. The number of phenols is 1. The summed E-state index contributed by atoms with van der Waals surface area (Å²) in [6.45, 7) is 8.55. The van der Waals surface area contributed by atoms with Crippen LogP contribution >= 0.6 is 11.8 Å². The van der Waals surface area contributed by atoms with E-state index in [4.69, 9.17) is 5.73 Å². The first-order chi connectivity index (χ1) is 64.1. The molecule has 730 valence electrons. The molecule has 5 aromatic carbocycles. The number of nitrogens with two attached hydrogens (primary N) is 1. The Bertz CT molecular complexity index is 5210. The Hall–Kier alpha value is -13.5. The lowest BCUT2D eigenvalue weighted by molar-refractivity contribution is -0.152. The second-order valence-electron chi connectivity index (χ2n) is 34.5. The molecule has 2 aliphatic rings. The standard InChI is InChI=1S/C94H120F4N16O20S/c1-10-12-19-37-114-90(130)70(47-79(120)121)106-88(128)74(44-54-21-15-14-16-22-54)111(8)93(133)81(53(5)6)109-83(123)65(35-36-78(118)119)103-87(127)72-26-20-38-113(72)92(132)73(25-13-11-2)110(7)91(131)75(45-56-27-31-59(95)32-28-56)112(9)89(129)69(43-57-40-62(96)80(98)63(97)41-57)102-77(117)51-135-50-71(82(122)101-49-76(99)116)107-84(124)66(39-52(3)4)104-85(125)67(42-55-29-33-60(115)34-30-55)105-86(126)68(108-94(114)134)46-58-48-100-64-24-18-17-23-61(58)64/h14-18,21-24,27-34,40-41,48,52-53,65-75,81,100,115H,10-13,19-20,25-26,35-39,42-47,49-51H2,1-9H3,(H2,99,116)(H,101,122)(H,102,117)(H,103,127)(H,104,125)(H,105,126)(H,106,128)(H,107,124)(H,108,134)(H,109,123)(H,118,119)(H,120,121)/t65-,66-,67-,68-,69-,70-,71-,72+,73-,74?,75-,81-/m0/s1. The molecule has 0 radical (unpaired) electrons. The maximum Gasteiger partial charge on any atom is 0.324 e. The van der Waals surface area contributed by atoms with Crippen LogP contribution in [0, 0.1) is 35.1 Å². The molecule has 1 unspecified atom stereocenters. The number of aromatic hydroxyl groups is 1. The highest BCUT2D eigenvalue weighted by Gasteiger charge is 2.46. The fraction of sp³-hybridized carbons (Fsp3) is 0.479. The lowest BCUT2D eigenvalue weighted by Gasteiger charge is -2.38. The van der Waals surface area contributed by atoms with Gasteiger partial charge in [0.05, 0.1) is 18.7 Å². The van der Waals surface area contributed by atoms with E-state index in [1.807, 2.05) is 0 Å². The van der Waals surface area contributed by atoms with Gasteiger partial charge in [-0.1, -0.05) is 140 Å². The molecule has 135 heavy (non-hydrogen) atoms. The van der Waals surface area contributed by atoms with Crippen molar-refractivity contribution in [3.8, 4) is 5.75 Å². The van der Waals surface area contributed by atoms with Gasteiger partial charge in [0.25, 0.3) is 5.91 Å². The average molecular weight is 1900 g/mol. The molecule has 8 rings (SSSR count). The number of imide groups is 1. The van der Waals surface area contributed by atoms with Crippen LogP contribution in [0.3, 0.4) is 0 Å². The molecule has 1 aromatic heterocycles. The van der Waals surface area contributed by atoms with Gasteiger partial charge < -0.3 is 93.5 Å². The number of H-pyrrole nitrogens is 1. The number of unbranched alkanes of at least 4 members (excludes halogenated alkanes) is 3. The highest BCUT2D eigenvalue weighted by Crippen LogP contribution is 2.28. The zero-order valence-corrected chi connectivity index (χ0v) is 77.5. The van der Waals surface area contributed by atoms with Gasteiger partial charge in [-0.3, -0.25) is 81.6 Å². The number of hydrogen-bond acceptors (Lipinski definition) is 19. The first kappa shape index (κ1) is 107. The van der Waals surface area contributed by atoms with Crippen molar-refractivity contribution in [2.45, 2.75) is 223 Å². The average Bonchev–Trinajstić information content (AvgIpc) is 1.79. The highest BCUT2D eigenvalue weighted by atomic mass is 32.2. The Kier molecular flexibility index (Phi) is 40.4. The van der Waals surface area contributed by atoms with E-state index in [1.54, 1.807) is 82.3 Å². The molecule has 3 heterocycles. The molecular weight excluding hydrogens is 1780 g/mol. The Balaban J connectivity index is 1.27. The number of phenolic OH excluding ortho intramolecular Hbond substituents is 1. The van der Waals surface area contributed by atoms with E-state index in [-0.39, 0.29) is 62.8 Å². The molecule has 2 aliphatic heterocycles. The van der Waals surface area contributed by atoms with Gasteiger partial charge in [0.1, 0.15) is 84.1 Å². The number of benzene rings is 5. The molecule has 0 saturated carbocycles. The summed E-state index contributed by atoms with van der Waals surface area (Å²) in [5.41, 5.74) is 6.92. The van der Waals surface area contributed by atoms with Gasteiger partial charge in [-0.2, -0.15) is 0 Å². The Morgan fingerprint density at radius 1 is 0.533 bits per heavy atom. The number of thioether (sulfide) groups is 1. The molecule has 0 spiro atoms. The SMILES string of the molecule is CCCCCN1C(=O)N[C@@H](Cc2c[nH]c3ccccc23)C(=O)N[C@@H](Cc2ccc(O)cc2)C(=O)N[C@@H](CC(C)C)C(=O)N[C@H](C(=O)NCC(N)=O)CSCC(=O)N[C@@H](Cc2cc(F)c(F)c(F)c2)C(=O)N(C)[C@@H](Cc2ccc(F)cc2)C(=O)N(C)[C@@H](CCCC)C(=O)N2CCC[C@@H]2C(=O)N[C@@H](CCC(=O)O)C(=O)N[C@@H](C(C)C)C(=O)N(C)C(Cc2ccccc2)C(=O)N[C@@H](CC(=O)O)C1=O. The van der Waals surface area contributed by atoms with Crippen LogP contribution in [0.15, 0.2) is 121 Å². The topological polar surface area (TPSA) is 517 Å². The molecule has 0 aliphatic carbocycles. The van der Waals surface area contributed by atoms with Crippen LogP contribution in [0.2, 0.25) is 0 Å². The summed E-state index contributed by atoms with van der Waals surface area (Å²) in [6.07, 6.45) is -2.13. The minimum Gasteiger partial charge on any atom is -0.508 e. The van der Waals surface area contributed by atoms with Crippen molar-refractivity contribution in [3.05, 3.63) is 173 Å². The number of carboxylic acid groups (broad SMARTS) is 2. The van der Waals surface area contributed by atoms with E-state index in [0.29, 0.717) is 75.7 Å². The van der Waals surface area contributed by atoms with Crippen LogP contribution in [-0.4, -0.2) is 270 Å². The number of carbonyl (C=O) groups is 17. The van der Waals surface area contributed by atoms with E-state index in [1.165, 1.54) is 70.5 Å². The van der Waals surface area contributed by atoms with Gasteiger partial charge in [-0.15, -0.1) is 11.8 Å². The Morgan fingerprint density at radius 2 is 1.10 bits per heavy atom. The molecular formula is C94H120F4N16O20S. The number of fused-ring (bicyclic) bond motifs is 2. The van der Waals surface area contributed by atoms with E-state index >= 15 is 56.7 Å². The number of nitrogens with one attached hydrogen (secondary N) is 10. The fourth-order valence-electron chi connectivity index (χ4n) is 15.9. The van der Waals surface area contributed by atoms with Crippen molar-refractivity contribution in [3.63, 3.8) is 0 Å². The van der Waals surface area contributed by atoms with Crippen LogP contribution < -0.4 is 53.6 Å². The molecule has 36 nitrogen and oxygen atoms in total. The van der Waals surface area contributed by atoms with Gasteiger partial charge in [0, 0.05) is 95.6 Å². The summed E-state index contributed by atoms with van der Waals surface area (Å²) in [7, 11) is 3.55. The van der Waals surface area contributed by atoms with Crippen LogP contribution in [0.5, 0.6) is 5.75 Å². The number of rotatable bonds is 28. The van der Waals surface area contributed by atoms with Crippen molar-refractivity contribution in [2.75, 3.05) is 52.3 Å². The minimum atomic E-state index is -2.14. The molecule has 0 bridgehead atoms. The first-order valence-corrected chi connectivity index (χ1v) is 45.9. The second-order valence-corrected chi connectivity index (χ2v) is 35.5. The van der Waals surface area contributed by atoms with E-state index in [9.17, 15) is 57.7 Å². The third-order valence-corrected chi connectivity index (χ3v) is 24.4. The van der Waals surface area contributed by atoms with Crippen LogP contribution in [0.1, 0.15) is 146 Å². The maximum absolute atomic E-state index is 15.7. The van der Waals surface area contributed by atoms with Crippen molar-refractivity contribution in [2.24, 2.45) is 17.6 Å². The molecule has 12 atom stereocenters. The molecule has 41 heteroatoms. The fourth-order valence-corrected chi connectivity index (χ4v) is 16.8. The van der Waals surface area contributed by atoms with E-state index < -0.39 is 283 Å². The zero-order chi connectivity index (χ0) is 99.2. The summed E-state index contributed by atoms with van der Waals surface area (Å²) in [5, 5.41) is 54.7. The highest BCUT2D eigenvalue weighted by molar-refractivity contribution is 8.00. The van der Waals surface area contributed by atoms with Gasteiger partial charge in [-0.05, 0) is 121 Å². The molecule has 16 amide bonds. The number of aromatic amines is 1. The number of carboxylic acids is 2. The number of para-hydroxylation sites is 1. The minimum absolute atomic E-state index is 0.0630. The third-order valence-electron chi connectivity index (χ3n) is 23.4. The summed E-state index contributed by atoms with van der Waals surface area (Å²) in [4.78, 5) is 259. The lowest BCUT2D eigenvalue weighted by atomic mass is 9.98. The number of urea groups is 1. The summed E-state index contributed by atoms with van der Waals surface area (Å²) < 4.78 is 59.8. The Morgan fingerprint density at radius 3 is 1.73 bits per heavy atom. The number of primary amides is 1. The number of likely N-dealkylation sites (N-methyl/N-ethyl adjacent to an activating group) is 3. The third kappa shape index (κ3) is 31.0. The quantitative estimate of drug-likeness (QED) is 0.0183. The van der Waals surface area contributed by atoms with Crippen LogP contribution in [0.25, 0.3) is 10.9 Å². The predicted molar refractivity (Wildman–Crippen MR) is 488 cm³/mol. The Labute approximate surface area is 782 Å². The van der Waals surface area contributed by atoms with Crippen molar-refractivity contribution in [1.29, 1.82) is 0 Å². The molecule has 6 aromatic rings. The number of carbonyl (C=O) groups excluding carboxylic acids is 15. The summed E-state index contributed by atoms with van der Waals surface area (Å²) in [5.74, 6) is -26.9. The summed E-state index contributed by atoms with van der Waals surface area (Å²) in [6, 6.07) is 4.04. The predicted octanol–water partition coefficient (Wildman–Crippen LogP) is 4.49. The van der Waals surface area contributed by atoms with Crippen LogP contribution in [0.4, 0.5) is 22.4 Å². The molecule has 2 saturated heterocycles. The van der Waals surface area contributed by atoms with Crippen molar-refractivity contribution < 1.29 is 114 Å². The van der Waals surface area contributed by atoms with Gasteiger partial charge in [-0.25, -0.2) is 22.4 Å². The van der Waals surface area contributed by atoms with E-state index in [0.717, 1.165) is 38.8 Å². The zero-order valence-electron chi connectivity index (χ0n) is 76.7. The normalized spacial score (nSPS) is 22.4. The lowest BCUT2D eigenvalue weighted by Crippen LogP contribution is -2.62. The molecule has 15 N–H and O–H groups in total. The number of halogens is 4. The van der Waals surface area contributed by atoms with Crippen LogP contribution in [-0.2, 0) is 109 Å². The maximum atomic E-state index is 15.7. The number of aliphatic carboxylic acids is 2. The van der Waals surface area contributed by atoms with Crippen molar-refractivity contribution >= 4 is 123 Å². The first-order valence-electron chi connectivity index (χ1n) is 44.7. The largest absolute Gasteiger partial charge is 0.508 e. The van der Waals surface area contributed by atoms with Gasteiger partial charge in [0.15, 0.2) is 17.5 Å².